The molecule has 0 saturated heterocycles. The Morgan fingerprint density at radius 3 is 2.62 bits per heavy atom. The fourth-order valence-corrected chi connectivity index (χ4v) is 3.92. The molecule has 176 valence electrons. The molecule has 2 N–H and O–H groups in total. The van der Waals surface area contributed by atoms with E-state index in [9.17, 15) is 0 Å². The second-order valence-corrected chi connectivity index (χ2v) is 7.98. The average molecular weight is 458 g/mol. The van der Waals surface area contributed by atoms with E-state index in [1.807, 2.05) is 25.1 Å². The lowest BCUT2D eigenvalue weighted by atomic mass is 10.1. The lowest BCUT2D eigenvalue weighted by Crippen LogP contribution is -2.34. The number of aliphatic imine (C=N–C) groups is 1. The van der Waals surface area contributed by atoms with Crippen LogP contribution in [0, 0.1) is 0 Å². The summed E-state index contributed by atoms with van der Waals surface area (Å²) >= 11 is 0. The molecule has 0 fully saturated rings. The van der Waals surface area contributed by atoms with Crippen molar-refractivity contribution in [2.75, 3.05) is 26.2 Å². The van der Waals surface area contributed by atoms with E-state index in [4.69, 9.17) is 19.9 Å². The van der Waals surface area contributed by atoms with Crippen LogP contribution in [0.1, 0.15) is 37.7 Å². The fraction of sp³-hybridized carbons (Fsp3) is 0.333. The van der Waals surface area contributed by atoms with Crippen LogP contribution < -0.4 is 21.2 Å². The number of allylic oxidation sites excluding steroid dienone is 1. The van der Waals surface area contributed by atoms with Gasteiger partial charge in [0, 0.05) is 25.6 Å². The molecular weight excluding hydrogens is 426 g/mol. The van der Waals surface area contributed by atoms with Crippen LogP contribution in [0.5, 0.6) is 5.75 Å². The topological polar surface area (TPSA) is 81.8 Å². The van der Waals surface area contributed by atoms with Gasteiger partial charge in [0.25, 0.3) is 0 Å². The van der Waals surface area contributed by atoms with Crippen molar-refractivity contribution in [3.63, 3.8) is 0 Å². The maximum Gasteiger partial charge on any atom is 0.135 e. The van der Waals surface area contributed by atoms with E-state index in [1.54, 1.807) is 18.6 Å². The smallest absolute Gasteiger partial charge is 0.135 e. The van der Waals surface area contributed by atoms with E-state index in [0.29, 0.717) is 24.6 Å². The van der Waals surface area contributed by atoms with Gasteiger partial charge in [0.2, 0.25) is 0 Å². The van der Waals surface area contributed by atoms with E-state index in [2.05, 4.69) is 51.9 Å². The summed E-state index contributed by atoms with van der Waals surface area (Å²) in [5.41, 5.74) is 15.0. The van der Waals surface area contributed by atoms with E-state index in [1.165, 1.54) is 5.56 Å². The highest BCUT2D eigenvalue weighted by molar-refractivity contribution is 5.98. The molecule has 0 unspecified atom stereocenters. The Balaban J connectivity index is 1.69. The minimum atomic E-state index is 0.369. The predicted molar refractivity (Wildman–Crippen MR) is 134 cm³/mol. The number of amidine groups is 1. The zero-order chi connectivity index (χ0) is 23.9. The summed E-state index contributed by atoms with van der Waals surface area (Å²) in [4.78, 5) is 11.8. The molecule has 1 aliphatic carbocycles. The van der Waals surface area contributed by atoms with Gasteiger partial charge >= 0.3 is 0 Å². The molecule has 0 atom stereocenters. The third-order valence-corrected chi connectivity index (χ3v) is 5.84. The second-order valence-electron chi connectivity index (χ2n) is 7.98. The predicted octanol–water partition coefficient (Wildman–Crippen LogP) is 2.43. The van der Waals surface area contributed by atoms with Crippen LogP contribution in [-0.4, -0.2) is 46.5 Å². The number of imidazole rings is 1. The Labute approximate surface area is 199 Å². The highest BCUT2D eigenvalue weighted by Crippen LogP contribution is 2.14. The molecule has 7 heteroatoms. The number of nitrogens with zero attached hydrogens (tertiary/aromatic N) is 4. The number of ether oxygens (including phenoxy) is 1. The van der Waals surface area contributed by atoms with Gasteiger partial charge in [-0.15, -0.1) is 0 Å². The first-order chi connectivity index (χ1) is 16.6. The second kappa shape index (κ2) is 10.9. The first-order valence-electron chi connectivity index (χ1n) is 11.7. The normalized spacial score (nSPS) is 12.8. The minimum Gasteiger partial charge on any atom is -0.494 e. The Morgan fingerprint density at radius 2 is 1.94 bits per heavy atom. The quantitative estimate of drug-likeness (QED) is 0.272. The number of furan rings is 1. The molecule has 0 saturated carbocycles. The van der Waals surface area contributed by atoms with E-state index in [-0.39, 0.29) is 0 Å². The van der Waals surface area contributed by atoms with Crippen LogP contribution in [0.25, 0.3) is 11.8 Å². The fourth-order valence-electron chi connectivity index (χ4n) is 3.92. The van der Waals surface area contributed by atoms with Gasteiger partial charge in [0.1, 0.15) is 40.1 Å². The third kappa shape index (κ3) is 5.41. The van der Waals surface area contributed by atoms with Gasteiger partial charge in [0.05, 0.1) is 18.4 Å². The molecule has 1 aliphatic rings. The summed E-state index contributed by atoms with van der Waals surface area (Å²) in [6, 6.07) is 9.98. The Kier molecular flexibility index (Phi) is 7.51. The van der Waals surface area contributed by atoms with Gasteiger partial charge in [-0.1, -0.05) is 26.0 Å². The van der Waals surface area contributed by atoms with Crippen molar-refractivity contribution >= 4 is 17.6 Å². The van der Waals surface area contributed by atoms with Crippen molar-refractivity contribution in [3.05, 3.63) is 81.9 Å². The SMILES string of the molecule is CCOc1ccc(Cc2nc3c(n2CCN(CC)CC)=C=C=C(N=C(N)c2ccoc2)C=3)cc1. The Hall–Kier alpha value is -3.76. The molecular formula is C27H31N5O2. The number of rotatable bonds is 11. The number of nitrogens with two attached hydrogens (primary N) is 1. The number of aromatic nitrogens is 2. The molecule has 2 heterocycles. The maximum absolute atomic E-state index is 6.11. The van der Waals surface area contributed by atoms with Gasteiger partial charge in [-0.25, -0.2) is 9.98 Å². The highest BCUT2D eigenvalue weighted by Gasteiger charge is 2.13. The van der Waals surface area contributed by atoms with Gasteiger partial charge in [-0.2, -0.15) is 0 Å². The van der Waals surface area contributed by atoms with Crippen molar-refractivity contribution in [2.45, 2.75) is 33.7 Å². The Morgan fingerprint density at radius 1 is 1.15 bits per heavy atom. The van der Waals surface area contributed by atoms with Crippen molar-refractivity contribution in [1.82, 2.24) is 14.5 Å². The van der Waals surface area contributed by atoms with Crippen LogP contribution >= 0.6 is 0 Å². The van der Waals surface area contributed by atoms with Crippen LogP contribution in [0.4, 0.5) is 0 Å². The first-order valence-corrected chi connectivity index (χ1v) is 11.7. The van der Waals surface area contributed by atoms with Crippen molar-refractivity contribution < 1.29 is 9.15 Å². The van der Waals surface area contributed by atoms with Gasteiger partial charge in [0.15, 0.2) is 0 Å². The van der Waals surface area contributed by atoms with Crippen LogP contribution in [-0.2, 0) is 13.0 Å². The van der Waals surface area contributed by atoms with E-state index in [0.717, 1.165) is 54.0 Å². The number of hydrogen-bond acceptors (Lipinski definition) is 5. The molecule has 0 amide bonds. The molecule has 0 radical (unpaired) electrons. The molecule has 0 aliphatic heterocycles. The summed E-state index contributed by atoms with van der Waals surface area (Å²) in [6.07, 6.45) is 5.76. The molecule has 34 heavy (non-hydrogen) atoms. The molecule has 2 aromatic heterocycles. The van der Waals surface area contributed by atoms with Crippen LogP contribution in [0.3, 0.4) is 0 Å². The molecule has 0 bridgehead atoms. The molecule has 7 nitrogen and oxygen atoms in total. The summed E-state index contributed by atoms with van der Waals surface area (Å²) in [7, 11) is 0. The van der Waals surface area contributed by atoms with Crippen LogP contribution in [0.15, 0.2) is 63.7 Å². The van der Waals surface area contributed by atoms with Crippen molar-refractivity contribution in [2.24, 2.45) is 10.7 Å². The third-order valence-electron chi connectivity index (χ3n) is 5.84. The van der Waals surface area contributed by atoms with Crippen molar-refractivity contribution in [1.29, 1.82) is 0 Å². The zero-order valence-electron chi connectivity index (χ0n) is 20.0. The number of benzene rings is 1. The first kappa shape index (κ1) is 23.4. The maximum atomic E-state index is 6.11. The Bertz CT molecular complexity index is 1330. The lowest BCUT2D eigenvalue weighted by molar-refractivity contribution is 0.288. The van der Waals surface area contributed by atoms with Gasteiger partial charge < -0.3 is 24.4 Å². The lowest BCUT2D eigenvalue weighted by Gasteiger charge is -2.19. The monoisotopic (exact) mass is 457 g/mol. The van der Waals surface area contributed by atoms with E-state index >= 15 is 0 Å². The summed E-state index contributed by atoms with van der Waals surface area (Å²) < 4.78 is 12.9. The number of hydrogen-bond donors (Lipinski definition) is 1. The standard InChI is InChI=1S/C27H31N5O2/c1-4-31(5-2)14-15-32-25-12-9-22(29-27(28)21-13-16-33-19-21)18-24(25)30-26(32)17-20-7-10-23(11-8-20)34-6-3/h7-8,10-11,13,16,18-19H,4-6,14-15,17H2,1-3H3,(H2,28,29). The molecule has 1 aromatic carbocycles. The van der Waals surface area contributed by atoms with Crippen LogP contribution in [0.2, 0.25) is 0 Å². The number of fused-ring (bicyclic) bond motifs is 1. The minimum absolute atomic E-state index is 0.369. The van der Waals surface area contributed by atoms with Gasteiger partial charge in [-0.3, -0.25) is 0 Å². The zero-order valence-corrected chi connectivity index (χ0v) is 20.0. The van der Waals surface area contributed by atoms with Crippen molar-refractivity contribution in [3.8, 4) is 5.75 Å². The van der Waals surface area contributed by atoms with E-state index < -0.39 is 0 Å². The van der Waals surface area contributed by atoms with Gasteiger partial charge in [-0.05, 0) is 55.2 Å². The summed E-state index contributed by atoms with van der Waals surface area (Å²) in [5.74, 6) is 2.23. The molecule has 3 aromatic rings. The number of likely N-dealkylation sites (N-methyl/N-ethyl adjacent to an activating group) is 1. The largest absolute Gasteiger partial charge is 0.494 e. The molecule has 0 spiro atoms. The average Bonchev–Trinajstić information content (AvgIpc) is 3.50. The summed E-state index contributed by atoms with van der Waals surface area (Å²) in [5, 5.41) is 1.76. The highest BCUT2D eigenvalue weighted by atomic mass is 16.5. The molecule has 4 rings (SSSR count). The summed E-state index contributed by atoms with van der Waals surface area (Å²) in [6.45, 7) is 10.8.